The Labute approximate surface area is 179 Å². The zero-order valence-electron chi connectivity index (χ0n) is 18.0. The summed E-state index contributed by atoms with van der Waals surface area (Å²) >= 11 is 3.70. The molecule has 0 radical (unpaired) electrons. The summed E-state index contributed by atoms with van der Waals surface area (Å²) in [6, 6.07) is 0.479. The molecular weight excluding hydrogens is 434 g/mol. The van der Waals surface area contributed by atoms with Crippen molar-refractivity contribution in [1.82, 2.24) is 4.90 Å². The third kappa shape index (κ3) is 2.85. The minimum atomic E-state index is -2.00. The molecule has 2 bridgehead atoms. The van der Waals surface area contributed by atoms with Crippen LogP contribution in [0.3, 0.4) is 0 Å². The van der Waals surface area contributed by atoms with Crippen molar-refractivity contribution in [1.29, 1.82) is 0 Å². The van der Waals surface area contributed by atoms with Crippen LogP contribution < -0.4 is 0 Å². The number of carbonyl (C=O) groups is 1. The summed E-state index contributed by atoms with van der Waals surface area (Å²) in [7, 11) is -2.00. The molecule has 5 rings (SSSR count). The van der Waals surface area contributed by atoms with Gasteiger partial charge in [-0.2, -0.15) is 0 Å². The van der Waals surface area contributed by atoms with Gasteiger partial charge in [-0.05, 0) is 39.5 Å². The normalized spacial score (nSPS) is 35.2. The fourth-order valence-electron chi connectivity index (χ4n) is 6.73. The summed E-state index contributed by atoms with van der Waals surface area (Å²) in [5.41, 5.74) is 2.32. The fourth-order valence-corrected chi connectivity index (χ4v) is 12.7. The van der Waals surface area contributed by atoms with Gasteiger partial charge in [-0.1, -0.05) is 63.5 Å². The number of hydrogen-bond acceptors (Lipinski definition) is 4. The van der Waals surface area contributed by atoms with Crippen molar-refractivity contribution in [3.63, 3.8) is 0 Å². The Bertz CT molecular complexity index is 710. The molecule has 4 heterocycles. The van der Waals surface area contributed by atoms with Crippen LogP contribution in [0, 0.1) is 0 Å². The second kappa shape index (κ2) is 7.07. The molecule has 0 unspecified atom stereocenters. The molecule has 0 N–H and O–H groups in total. The standard InChI is InChI=1S/C22H34BrNO3Si/c1-13(2)28(14(3)4,15(5)6)27-19-12-22-16(10-21(25)26-22)9-18(19)24-8-7-17(23)11-20(22)24/h10-11,13-15,18-20H,7-9,12H2,1-6H3/t18-,19-,20-,22+/m0/s1. The number of halogens is 1. The minimum Gasteiger partial charge on any atom is -0.449 e. The molecule has 0 aromatic heterocycles. The molecule has 2 saturated heterocycles. The van der Waals surface area contributed by atoms with E-state index in [-0.39, 0.29) is 18.1 Å². The fraction of sp³-hybridized carbons (Fsp3) is 0.773. The van der Waals surface area contributed by atoms with E-state index in [9.17, 15) is 4.79 Å². The Hall–Kier alpha value is -0.433. The van der Waals surface area contributed by atoms with E-state index in [0.29, 0.717) is 22.7 Å². The van der Waals surface area contributed by atoms with E-state index in [2.05, 4.69) is 68.4 Å². The zero-order valence-corrected chi connectivity index (χ0v) is 20.6. The van der Waals surface area contributed by atoms with E-state index in [1.165, 1.54) is 10.1 Å². The number of fused-ring (bicyclic) bond motifs is 1. The molecule has 0 aromatic carbocycles. The Kier molecular flexibility index (Phi) is 5.26. The summed E-state index contributed by atoms with van der Waals surface area (Å²) < 4.78 is 14.6. The minimum absolute atomic E-state index is 0.139. The molecule has 5 aliphatic rings. The van der Waals surface area contributed by atoms with Crippen LogP contribution in [0.15, 0.2) is 22.2 Å². The summed E-state index contributed by atoms with van der Waals surface area (Å²) in [6.07, 6.45) is 6.89. The predicted octanol–water partition coefficient (Wildman–Crippen LogP) is 5.30. The van der Waals surface area contributed by atoms with Crippen LogP contribution in [0.4, 0.5) is 0 Å². The molecule has 4 aliphatic heterocycles. The third-order valence-corrected chi connectivity index (χ3v) is 14.5. The second-order valence-electron chi connectivity index (χ2n) is 9.98. The summed E-state index contributed by atoms with van der Waals surface area (Å²) in [5, 5.41) is 0. The lowest BCUT2D eigenvalue weighted by atomic mass is 9.66. The molecule has 1 saturated carbocycles. The van der Waals surface area contributed by atoms with Crippen molar-refractivity contribution >= 4 is 30.2 Å². The van der Waals surface area contributed by atoms with Gasteiger partial charge in [0, 0.05) is 25.1 Å². The topological polar surface area (TPSA) is 38.8 Å². The van der Waals surface area contributed by atoms with Gasteiger partial charge in [-0.15, -0.1) is 0 Å². The van der Waals surface area contributed by atoms with Crippen LogP contribution in [0.2, 0.25) is 16.6 Å². The van der Waals surface area contributed by atoms with Crippen LogP contribution in [-0.4, -0.2) is 49.5 Å². The molecule has 0 aromatic rings. The SMILES string of the molecule is CC(C)[Si](O[C@H]1C[C@@]23OC(=O)C=C2C[C@@H]1N1CCC(Br)=C[C@H]13)(C(C)C)C(C)C. The van der Waals surface area contributed by atoms with Gasteiger partial charge in [-0.25, -0.2) is 4.79 Å². The number of hydrogen-bond donors (Lipinski definition) is 0. The van der Waals surface area contributed by atoms with Gasteiger partial charge in [0.25, 0.3) is 0 Å². The molecule has 4 nitrogen and oxygen atoms in total. The van der Waals surface area contributed by atoms with E-state index < -0.39 is 13.9 Å². The van der Waals surface area contributed by atoms with Crippen LogP contribution >= 0.6 is 15.9 Å². The molecule has 6 heteroatoms. The molecule has 0 amide bonds. The van der Waals surface area contributed by atoms with Crippen molar-refractivity contribution in [3.05, 3.63) is 22.2 Å². The highest BCUT2D eigenvalue weighted by atomic mass is 79.9. The smallest absolute Gasteiger partial charge is 0.331 e. The van der Waals surface area contributed by atoms with Crippen molar-refractivity contribution < 1.29 is 14.0 Å². The number of piperidine rings is 2. The van der Waals surface area contributed by atoms with Gasteiger partial charge in [-0.3, -0.25) is 4.90 Å². The summed E-state index contributed by atoms with van der Waals surface area (Å²) in [6.45, 7) is 15.1. The predicted molar refractivity (Wildman–Crippen MR) is 118 cm³/mol. The van der Waals surface area contributed by atoms with Crippen molar-refractivity contribution in [3.8, 4) is 0 Å². The number of rotatable bonds is 5. The average molecular weight is 469 g/mol. The maximum atomic E-state index is 12.3. The van der Waals surface area contributed by atoms with E-state index >= 15 is 0 Å². The molecule has 28 heavy (non-hydrogen) atoms. The first-order valence-electron chi connectivity index (χ1n) is 10.9. The Morgan fingerprint density at radius 2 is 1.86 bits per heavy atom. The lowest BCUT2D eigenvalue weighted by molar-refractivity contribution is -0.175. The van der Waals surface area contributed by atoms with Crippen LogP contribution in [0.1, 0.15) is 60.8 Å². The van der Waals surface area contributed by atoms with E-state index in [1.54, 1.807) is 6.08 Å². The van der Waals surface area contributed by atoms with E-state index in [0.717, 1.165) is 25.8 Å². The van der Waals surface area contributed by atoms with Gasteiger partial charge < -0.3 is 9.16 Å². The molecule has 4 atom stereocenters. The second-order valence-corrected chi connectivity index (χ2v) is 16.4. The maximum Gasteiger partial charge on any atom is 0.331 e. The molecular formula is C22H34BrNO3Si. The summed E-state index contributed by atoms with van der Waals surface area (Å²) in [4.78, 5) is 14.8. The number of esters is 1. The van der Waals surface area contributed by atoms with Crippen molar-refractivity contribution in [2.24, 2.45) is 0 Å². The van der Waals surface area contributed by atoms with Gasteiger partial charge in [0.2, 0.25) is 8.32 Å². The van der Waals surface area contributed by atoms with Crippen LogP contribution in [-0.2, 0) is 14.0 Å². The summed E-state index contributed by atoms with van der Waals surface area (Å²) in [5.74, 6) is -0.175. The average Bonchev–Trinajstić information content (AvgIpc) is 2.94. The highest BCUT2D eigenvalue weighted by molar-refractivity contribution is 9.11. The van der Waals surface area contributed by atoms with Crippen molar-refractivity contribution in [2.45, 2.75) is 101 Å². The van der Waals surface area contributed by atoms with Crippen molar-refractivity contribution in [2.75, 3.05) is 6.54 Å². The monoisotopic (exact) mass is 467 g/mol. The Balaban J connectivity index is 1.73. The first-order valence-corrected chi connectivity index (χ1v) is 13.8. The highest BCUT2D eigenvalue weighted by Crippen LogP contribution is 2.55. The van der Waals surface area contributed by atoms with Gasteiger partial charge >= 0.3 is 5.97 Å². The number of carbonyl (C=O) groups excluding carboxylic acids is 1. The first kappa shape index (κ1) is 20.8. The first-order chi connectivity index (χ1) is 13.1. The van der Waals surface area contributed by atoms with Gasteiger partial charge in [0.15, 0.2) is 5.60 Å². The lowest BCUT2D eigenvalue weighted by Gasteiger charge is -2.61. The molecule has 156 valence electrons. The van der Waals surface area contributed by atoms with Crippen LogP contribution in [0.5, 0.6) is 0 Å². The zero-order chi connectivity index (χ0) is 20.4. The maximum absolute atomic E-state index is 12.3. The third-order valence-electron chi connectivity index (χ3n) is 7.75. The molecule has 1 aliphatic carbocycles. The number of nitrogens with zero attached hydrogens (tertiary/aromatic N) is 1. The van der Waals surface area contributed by atoms with Gasteiger partial charge in [0.1, 0.15) is 0 Å². The lowest BCUT2D eigenvalue weighted by Crippen LogP contribution is -2.72. The highest BCUT2D eigenvalue weighted by Gasteiger charge is 2.64. The molecule has 3 fully saturated rings. The largest absolute Gasteiger partial charge is 0.449 e. The molecule has 1 spiro atoms. The van der Waals surface area contributed by atoms with Crippen LogP contribution in [0.25, 0.3) is 0 Å². The quantitative estimate of drug-likeness (QED) is 0.406. The Morgan fingerprint density at radius 1 is 1.21 bits per heavy atom. The van der Waals surface area contributed by atoms with Gasteiger partial charge in [0.05, 0.1) is 12.1 Å². The van der Waals surface area contributed by atoms with E-state index in [1.807, 2.05) is 0 Å². The Morgan fingerprint density at radius 3 is 2.46 bits per heavy atom. The van der Waals surface area contributed by atoms with E-state index in [4.69, 9.17) is 9.16 Å². The number of ether oxygens (including phenoxy) is 1.